The molecule has 9 nitrogen and oxygen atoms in total. The number of nitrogens with zero attached hydrogens (tertiary/aromatic N) is 2. The zero-order valence-electron chi connectivity index (χ0n) is 23.1. The molecule has 0 radical (unpaired) electrons. The Hall–Kier alpha value is -4.27. The fourth-order valence-electron chi connectivity index (χ4n) is 5.57. The first kappa shape index (κ1) is 27.3. The zero-order valence-corrected chi connectivity index (χ0v) is 23.1. The smallest absolute Gasteiger partial charge is 0.410 e. The third-order valence-corrected chi connectivity index (χ3v) is 7.39. The largest absolute Gasteiger partial charge is 0.477 e. The number of H-pyrrole nitrogens is 1. The number of amides is 2. The number of nitrogens with one attached hydrogen (secondary N) is 1. The van der Waals surface area contributed by atoms with Crippen molar-refractivity contribution >= 4 is 18.2 Å². The van der Waals surface area contributed by atoms with Gasteiger partial charge >= 0.3 is 18.2 Å². The molecule has 5 rings (SSSR count). The number of piperidine rings is 1. The molecule has 0 saturated carbocycles. The standard InChI is InChI=1S/C31H35N3O6/c1-31(2,3)40-29(37)33-14-8-9-21(18-33)34(17-20-15-27(28(35)36)32-16-20)30(38)39-19-26-24-12-6-4-10-22(24)23-11-5-7-13-25(23)26/h4-7,10-13,15-16,21,26,32H,8-9,14,17-19H2,1-3H3,(H,35,36)/t21-/m0/s1. The molecule has 40 heavy (non-hydrogen) atoms. The molecule has 9 heteroatoms. The van der Waals surface area contributed by atoms with Crippen molar-refractivity contribution in [3.63, 3.8) is 0 Å². The molecule has 3 aromatic rings. The van der Waals surface area contributed by atoms with Crippen molar-refractivity contribution in [1.29, 1.82) is 0 Å². The molecule has 210 valence electrons. The number of carboxylic acids is 1. The van der Waals surface area contributed by atoms with Crippen LogP contribution in [-0.2, 0) is 16.0 Å². The lowest BCUT2D eigenvalue weighted by Crippen LogP contribution is -2.52. The third kappa shape index (κ3) is 5.83. The number of rotatable bonds is 6. The molecule has 0 unspecified atom stereocenters. The van der Waals surface area contributed by atoms with Gasteiger partial charge in [-0.1, -0.05) is 48.5 Å². The minimum absolute atomic E-state index is 0.0431. The van der Waals surface area contributed by atoms with Gasteiger partial charge in [-0.2, -0.15) is 0 Å². The summed E-state index contributed by atoms with van der Waals surface area (Å²) in [6.45, 7) is 6.61. The van der Waals surface area contributed by atoms with E-state index in [9.17, 15) is 19.5 Å². The average Bonchev–Trinajstić information content (AvgIpc) is 3.53. The van der Waals surface area contributed by atoms with Crippen LogP contribution in [0.4, 0.5) is 9.59 Å². The number of aromatic nitrogens is 1. The number of carboxylic acid groups (broad SMARTS) is 1. The zero-order chi connectivity index (χ0) is 28.4. The van der Waals surface area contributed by atoms with Crippen LogP contribution in [0.25, 0.3) is 11.1 Å². The van der Waals surface area contributed by atoms with Gasteiger partial charge in [-0.15, -0.1) is 0 Å². The Morgan fingerprint density at radius 2 is 1.70 bits per heavy atom. The number of carbonyl (C=O) groups is 3. The lowest BCUT2D eigenvalue weighted by Gasteiger charge is -2.39. The summed E-state index contributed by atoms with van der Waals surface area (Å²) in [5.74, 6) is -1.17. The quantitative estimate of drug-likeness (QED) is 0.401. The van der Waals surface area contributed by atoms with Crippen molar-refractivity contribution in [3.8, 4) is 11.1 Å². The molecule has 1 saturated heterocycles. The summed E-state index contributed by atoms with van der Waals surface area (Å²) in [5.41, 5.74) is 4.58. The predicted octanol–water partition coefficient (Wildman–Crippen LogP) is 5.86. The Kier molecular flexibility index (Phi) is 7.56. The van der Waals surface area contributed by atoms with Crippen LogP contribution in [0, 0.1) is 0 Å². The fraction of sp³-hybridized carbons (Fsp3) is 0.387. The lowest BCUT2D eigenvalue weighted by molar-refractivity contribution is 0.00798. The number of aromatic amines is 1. The lowest BCUT2D eigenvalue weighted by atomic mass is 9.98. The second-order valence-electron chi connectivity index (χ2n) is 11.4. The van der Waals surface area contributed by atoms with Crippen LogP contribution in [0.2, 0.25) is 0 Å². The monoisotopic (exact) mass is 545 g/mol. The normalized spacial score (nSPS) is 16.7. The molecule has 1 aliphatic heterocycles. The summed E-state index contributed by atoms with van der Waals surface area (Å²) in [6, 6.07) is 17.5. The Bertz CT molecular complexity index is 1360. The first-order chi connectivity index (χ1) is 19.1. The number of aromatic carboxylic acids is 1. The first-order valence-electron chi connectivity index (χ1n) is 13.6. The highest BCUT2D eigenvalue weighted by Gasteiger charge is 2.35. The van der Waals surface area contributed by atoms with Crippen molar-refractivity contribution in [2.24, 2.45) is 0 Å². The molecule has 2 heterocycles. The molecule has 2 amide bonds. The van der Waals surface area contributed by atoms with Crippen molar-refractivity contribution in [1.82, 2.24) is 14.8 Å². The van der Waals surface area contributed by atoms with Gasteiger partial charge in [0.05, 0.1) is 12.6 Å². The van der Waals surface area contributed by atoms with Crippen LogP contribution in [0.5, 0.6) is 0 Å². The van der Waals surface area contributed by atoms with Crippen LogP contribution in [0.3, 0.4) is 0 Å². The number of carbonyl (C=O) groups excluding carboxylic acids is 2. The maximum atomic E-state index is 13.7. The fourth-order valence-corrected chi connectivity index (χ4v) is 5.57. The summed E-state index contributed by atoms with van der Waals surface area (Å²) in [6.07, 6.45) is 2.04. The Morgan fingerprint density at radius 1 is 1.05 bits per heavy atom. The minimum Gasteiger partial charge on any atom is -0.477 e. The molecule has 0 bridgehead atoms. The number of ether oxygens (including phenoxy) is 2. The summed E-state index contributed by atoms with van der Waals surface area (Å²) < 4.78 is 11.6. The maximum Gasteiger partial charge on any atom is 0.410 e. The van der Waals surface area contributed by atoms with E-state index in [4.69, 9.17) is 9.47 Å². The molecule has 1 aliphatic carbocycles. The van der Waals surface area contributed by atoms with Gasteiger partial charge in [0.15, 0.2) is 0 Å². The second kappa shape index (κ2) is 11.1. The first-order valence-corrected chi connectivity index (χ1v) is 13.6. The van der Waals surface area contributed by atoms with Gasteiger partial charge in [0, 0.05) is 25.2 Å². The van der Waals surface area contributed by atoms with Crippen molar-refractivity contribution in [2.75, 3.05) is 19.7 Å². The Morgan fingerprint density at radius 3 is 2.30 bits per heavy atom. The Balaban J connectivity index is 1.36. The van der Waals surface area contributed by atoms with E-state index in [2.05, 4.69) is 29.2 Å². The summed E-state index contributed by atoms with van der Waals surface area (Å²) in [7, 11) is 0. The predicted molar refractivity (Wildman–Crippen MR) is 149 cm³/mol. The molecule has 2 aromatic carbocycles. The molecule has 0 spiro atoms. The highest BCUT2D eigenvalue weighted by Crippen LogP contribution is 2.44. The van der Waals surface area contributed by atoms with E-state index in [1.807, 2.05) is 45.0 Å². The minimum atomic E-state index is -1.08. The van der Waals surface area contributed by atoms with E-state index in [0.29, 0.717) is 31.5 Å². The molecule has 2 N–H and O–H groups in total. The van der Waals surface area contributed by atoms with Crippen LogP contribution < -0.4 is 0 Å². The third-order valence-electron chi connectivity index (χ3n) is 7.39. The van der Waals surface area contributed by atoms with E-state index in [-0.39, 0.29) is 30.8 Å². The Labute approximate surface area is 233 Å². The van der Waals surface area contributed by atoms with Crippen LogP contribution in [0.15, 0.2) is 60.8 Å². The van der Waals surface area contributed by atoms with Gasteiger partial charge in [0.1, 0.15) is 17.9 Å². The van der Waals surface area contributed by atoms with Gasteiger partial charge in [0.25, 0.3) is 0 Å². The van der Waals surface area contributed by atoms with E-state index in [1.165, 1.54) is 6.07 Å². The van der Waals surface area contributed by atoms with Crippen LogP contribution in [0.1, 0.15) is 66.7 Å². The van der Waals surface area contributed by atoms with Crippen LogP contribution in [-0.4, -0.2) is 69.4 Å². The van der Waals surface area contributed by atoms with Gasteiger partial charge in [0.2, 0.25) is 0 Å². The highest BCUT2D eigenvalue weighted by atomic mass is 16.6. The average molecular weight is 546 g/mol. The SMILES string of the molecule is CC(C)(C)OC(=O)N1CCC[C@H](N(Cc2c[nH]c(C(=O)O)c2)C(=O)OCC2c3ccccc3-c3ccccc32)C1. The highest BCUT2D eigenvalue weighted by molar-refractivity contribution is 5.85. The maximum absolute atomic E-state index is 13.7. The van der Waals surface area contributed by atoms with Crippen LogP contribution >= 0.6 is 0 Å². The number of hydrogen-bond donors (Lipinski definition) is 2. The molecule has 1 atom stereocenters. The number of likely N-dealkylation sites (tertiary alicyclic amines) is 1. The van der Waals surface area contributed by atoms with Gasteiger partial charge in [-0.25, -0.2) is 14.4 Å². The van der Waals surface area contributed by atoms with Crippen molar-refractivity contribution in [3.05, 3.63) is 83.2 Å². The summed E-state index contributed by atoms with van der Waals surface area (Å²) in [5, 5.41) is 9.35. The van der Waals surface area contributed by atoms with E-state index in [0.717, 1.165) is 22.3 Å². The number of fused-ring (bicyclic) bond motifs is 3. The van der Waals surface area contributed by atoms with Gasteiger partial charge < -0.3 is 24.5 Å². The van der Waals surface area contributed by atoms with Gasteiger partial charge in [-0.3, -0.25) is 4.90 Å². The molecule has 2 aliphatic rings. The second-order valence-corrected chi connectivity index (χ2v) is 11.4. The number of benzene rings is 2. The topological polar surface area (TPSA) is 112 Å². The summed E-state index contributed by atoms with van der Waals surface area (Å²) >= 11 is 0. The van der Waals surface area contributed by atoms with E-state index in [1.54, 1.807) is 16.0 Å². The summed E-state index contributed by atoms with van der Waals surface area (Å²) in [4.78, 5) is 43.9. The molecular formula is C31H35N3O6. The number of hydrogen-bond acceptors (Lipinski definition) is 5. The molecule has 1 fully saturated rings. The van der Waals surface area contributed by atoms with E-state index >= 15 is 0 Å². The van der Waals surface area contributed by atoms with E-state index < -0.39 is 23.8 Å². The van der Waals surface area contributed by atoms with Crippen molar-refractivity contribution in [2.45, 2.75) is 57.7 Å². The van der Waals surface area contributed by atoms with Crippen molar-refractivity contribution < 1.29 is 29.0 Å². The van der Waals surface area contributed by atoms with Gasteiger partial charge in [-0.05, 0) is 67.5 Å². The molecular weight excluding hydrogens is 510 g/mol. The molecule has 1 aromatic heterocycles.